The summed E-state index contributed by atoms with van der Waals surface area (Å²) in [5, 5.41) is 18.8. The Labute approximate surface area is 93.9 Å². The summed E-state index contributed by atoms with van der Waals surface area (Å²) in [6.07, 6.45) is 1.55. The maximum atomic E-state index is 11.5. The Kier molecular flexibility index (Phi) is 2.76. The van der Waals surface area contributed by atoms with E-state index in [1.165, 1.54) is 0 Å². The first kappa shape index (κ1) is 11.2. The molecule has 2 N–H and O–H groups in total. The highest BCUT2D eigenvalue weighted by Gasteiger charge is 2.45. The third-order valence-corrected chi connectivity index (χ3v) is 3.43. The van der Waals surface area contributed by atoms with E-state index in [0.717, 1.165) is 5.76 Å². The number of carbonyl (C=O) groups is 1. The van der Waals surface area contributed by atoms with Gasteiger partial charge in [-0.1, -0.05) is 0 Å². The number of furan rings is 1. The van der Waals surface area contributed by atoms with Gasteiger partial charge in [0.25, 0.3) is 0 Å². The molecule has 1 heterocycles. The molecule has 0 unspecified atom stereocenters. The van der Waals surface area contributed by atoms with Crippen LogP contribution >= 0.6 is 0 Å². The van der Waals surface area contributed by atoms with Crippen LogP contribution in [0, 0.1) is 6.92 Å². The number of hydrogen-bond donors (Lipinski definition) is 2. The van der Waals surface area contributed by atoms with Gasteiger partial charge in [-0.25, -0.2) is 0 Å². The zero-order chi connectivity index (χ0) is 11.8. The lowest BCUT2D eigenvalue weighted by molar-refractivity contribution is -0.147. The lowest BCUT2D eigenvalue weighted by atomic mass is 9.71. The van der Waals surface area contributed by atoms with Crippen LogP contribution in [0.2, 0.25) is 0 Å². The molecule has 0 bridgehead atoms. The SMILES string of the molecule is Cc1ccc(C2(C(=O)O)CCC(O)CC2)o1. The van der Waals surface area contributed by atoms with Gasteiger partial charge in [-0.15, -0.1) is 0 Å². The van der Waals surface area contributed by atoms with E-state index >= 15 is 0 Å². The first-order valence-corrected chi connectivity index (χ1v) is 5.53. The number of carboxylic acid groups (broad SMARTS) is 1. The van der Waals surface area contributed by atoms with E-state index in [2.05, 4.69) is 0 Å². The first-order chi connectivity index (χ1) is 7.54. The van der Waals surface area contributed by atoms with Crippen molar-refractivity contribution >= 4 is 5.97 Å². The molecular formula is C12H16O4. The Balaban J connectivity index is 2.33. The molecule has 1 saturated carbocycles. The maximum absolute atomic E-state index is 11.5. The summed E-state index contributed by atoms with van der Waals surface area (Å²) < 4.78 is 5.46. The predicted octanol–water partition coefficient (Wildman–Crippen LogP) is 1.85. The third kappa shape index (κ3) is 1.73. The topological polar surface area (TPSA) is 70.7 Å². The molecule has 0 atom stereocenters. The monoisotopic (exact) mass is 224 g/mol. The number of aryl methyl sites for hydroxylation is 1. The van der Waals surface area contributed by atoms with E-state index in [4.69, 9.17) is 4.42 Å². The van der Waals surface area contributed by atoms with Crippen molar-refractivity contribution in [2.75, 3.05) is 0 Å². The standard InChI is InChI=1S/C12H16O4/c1-8-2-3-10(16-8)12(11(14)15)6-4-9(13)5-7-12/h2-3,9,13H,4-7H2,1H3,(H,14,15). The summed E-state index contributed by atoms with van der Waals surface area (Å²) in [5.74, 6) is 0.389. The molecule has 0 radical (unpaired) electrons. The molecule has 1 aromatic rings. The van der Waals surface area contributed by atoms with Crippen LogP contribution < -0.4 is 0 Å². The molecule has 4 heteroatoms. The van der Waals surface area contributed by atoms with E-state index in [9.17, 15) is 15.0 Å². The highest BCUT2D eigenvalue weighted by Crippen LogP contribution is 2.40. The van der Waals surface area contributed by atoms with Crippen molar-refractivity contribution in [3.63, 3.8) is 0 Å². The first-order valence-electron chi connectivity index (χ1n) is 5.53. The average Bonchev–Trinajstić information content (AvgIpc) is 2.66. The van der Waals surface area contributed by atoms with Crippen molar-refractivity contribution in [3.8, 4) is 0 Å². The number of aliphatic hydroxyl groups excluding tert-OH is 1. The van der Waals surface area contributed by atoms with Gasteiger partial charge in [0.15, 0.2) is 0 Å². The van der Waals surface area contributed by atoms with Crippen molar-refractivity contribution in [1.29, 1.82) is 0 Å². The van der Waals surface area contributed by atoms with Crippen LogP contribution in [0.1, 0.15) is 37.2 Å². The van der Waals surface area contributed by atoms with E-state index in [0.29, 0.717) is 31.4 Å². The molecule has 0 amide bonds. The van der Waals surface area contributed by atoms with Crippen molar-refractivity contribution in [3.05, 3.63) is 23.7 Å². The van der Waals surface area contributed by atoms with E-state index < -0.39 is 11.4 Å². The third-order valence-electron chi connectivity index (χ3n) is 3.43. The summed E-state index contributed by atoms with van der Waals surface area (Å²) in [4.78, 5) is 11.5. The van der Waals surface area contributed by atoms with Gasteiger partial charge in [0.05, 0.1) is 6.10 Å². The van der Waals surface area contributed by atoms with Crippen LogP contribution in [0.3, 0.4) is 0 Å². The minimum Gasteiger partial charge on any atom is -0.480 e. The summed E-state index contributed by atoms with van der Waals surface area (Å²) in [6.45, 7) is 1.80. The Morgan fingerprint density at radius 2 is 2.06 bits per heavy atom. The normalized spacial score (nSPS) is 30.2. The second kappa shape index (κ2) is 3.94. The fraction of sp³-hybridized carbons (Fsp3) is 0.583. The van der Waals surface area contributed by atoms with Crippen LogP contribution in [0.15, 0.2) is 16.5 Å². The van der Waals surface area contributed by atoms with Gasteiger partial charge in [0, 0.05) is 0 Å². The minimum absolute atomic E-state index is 0.372. The quantitative estimate of drug-likeness (QED) is 0.804. The van der Waals surface area contributed by atoms with Gasteiger partial charge in [0.1, 0.15) is 16.9 Å². The Morgan fingerprint density at radius 3 is 2.50 bits per heavy atom. The van der Waals surface area contributed by atoms with Crippen molar-refractivity contribution in [1.82, 2.24) is 0 Å². The largest absolute Gasteiger partial charge is 0.480 e. The number of rotatable bonds is 2. The molecule has 1 fully saturated rings. The fourth-order valence-corrected chi connectivity index (χ4v) is 2.35. The van der Waals surface area contributed by atoms with Crippen LogP contribution in [0.5, 0.6) is 0 Å². The second-order valence-corrected chi connectivity index (χ2v) is 4.53. The summed E-state index contributed by atoms with van der Waals surface area (Å²) in [6, 6.07) is 3.52. The molecule has 1 aliphatic rings. The highest BCUT2D eigenvalue weighted by atomic mass is 16.4. The highest BCUT2D eigenvalue weighted by molar-refractivity contribution is 5.80. The predicted molar refractivity (Wildman–Crippen MR) is 57.2 cm³/mol. The number of hydrogen-bond acceptors (Lipinski definition) is 3. The van der Waals surface area contributed by atoms with Crippen LogP contribution in [0.4, 0.5) is 0 Å². The van der Waals surface area contributed by atoms with E-state index in [-0.39, 0.29) is 6.10 Å². The Hall–Kier alpha value is -1.29. The van der Waals surface area contributed by atoms with E-state index in [1.807, 2.05) is 0 Å². The van der Waals surface area contributed by atoms with E-state index in [1.54, 1.807) is 19.1 Å². The molecule has 2 rings (SSSR count). The minimum atomic E-state index is -0.937. The molecule has 1 aromatic heterocycles. The molecule has 4 nitrogen and oxygen atoms in total. The molecular weight excluding hydrogens is 208 g/mol. The van der Waals surface area contributed by atoms with Crippen molar-refractivity contribution in [2.24, 2.45) is 0 Å². The smallest absolute Gasteiger partial charge is 0.317 e. The maximum Gasteiger partial charge on any atom is 0.317 e. The van der Waals surface area contributed by atoms with Gasteiger partial charge in [-0.2, -0.15) is 0 Å². The zero-order valence-electron chi connectivity index (χ0n) is 9.27. The molecule has 0 aromatic carbocycles. The zero-order valence-corrected chi connectivity index (χ0v) is 9.27. The molecule has 1 aliphatic carbocycles. The number of aliphatic carboxylic acids is 1. The second-order valence-electron chi connectivity index (χ2n) is 4.53. The lowest BCUT2D eigenvalue weighted by Gasteiger charge is -2.33. The summed E-state index contributed by atoms with van der Waals surface area (Å²) >= 11 is 0. The van der Waals surface area contributed by atoms with Crippen LogP contribution in [0.25, 0.3) is 0 Å². The molecule has 16 heavy (non-hydrogen) atoms. The van der Waals surface area contributed by atoms with Gasteiger partial charge < -0.3 is 14.6 Å². The molecule has 88 valence electrons. The average molecular weight is 224 g/mol. The number of aliphatic hydroxyl groups is 1. The lowest BCUT2D eigenvalue weighted by Crippen LogP contribution is -2.40. The fourth-order valence-electron chi connectivity index (χ4n) is 2.35. The van der Waals surface area contributed by atoms with Crippen molar-refractivity contribution in [2.45, 2.75) is 44.1 Å². The van der Waals surface area contributed by atoms with Gasteiger partial charge in [0.2, 0.25) is 0 Å². The summed E-state index contributed by atoms with van der Waals surface area (Å²) in [5.41, 5.74) is -0.937. The van der Waals surface area contributed by atoms with Crippen LogP contribution in [-0.2, 0) is 10.2 Å². The van der Waals surface area contributed by atoms with Gasteiger partial charge >= 0.3 is 5.97 Å². The van der Waals surface area contributed by atoms with Crippen molar-refractivity contribution < 1.29 is 19.4 Å². The van der Waals surface area contributed by atoms with Gasteiger partial charge in [-0.3, -0.25) is 4.79 Å². The Bertz CT molecular complexity index is 385. The van der Waals surface area contributed by atoms with Gasteiger partial charge in [-0.05, 0) is 44.7 Å². The molecule has 0 aliphatic heterocycles. The summed E-state index contributed by atoms with van der Waals surface area (Å²) in [7, 11) is 0. The number of carboxylic acids is 1. The molecule has 0 spiro atoms. The molecule has 0 saturated heterocycles. The van der Waals surface area contributed by atoms with Crippen LogP contribution in [-0.4, -0.2) is 22.3 Å². The Morgan fingerprint density at radius 1 is 1.44 bits per heavy atom.